The second-order valence-electron chi connectivity index (χ2n) is 3.12. The minimum atomic E-state index is -1.03. The molecular formula is C8H12O5. The number of esters is 1. The van der Waals surface area contributed by atoms with E-state index in [-0.39, 0.29) is 5.92 Å². The van der Waals surface area contributed by atoms with E-state index in [0.29, 0.717) is 6.42 Å². The zero-order valence-electron chi connectivity index (χ0n) is 7.52. The summed E-state index contributed by atoms with van der Waals surface area (Å²) in [4.78, 5) is 21.6. The topological polar surface area (TPSA) is 72.8 Å². The molecule has 5 nitrogen and oxygen atoms in total. The lowest BCUT2D eigenvalue weighted by Crippen LogP contribution is -2.28. The van der Waals surface area contributed by atoms with Gasteiger partial charge in [-0.3, -0.25) is 0 Å². The molecule has 1 heterocycles. The molecule has 13 heavy (non-hydrogen) atoms. The van der Waals surface area contributed by atoms with Gasteiger partial charge >= 0.3 is 11.9 Å². The Bertz CT molecular complexity index is 225. The first-order valence-electron chi connectivity index (χ1n) is 4.02. The maximum absolute atomic E-state index is 11.1. The Morgan fingerprint density at radius 2 is 2.15 bits per heavy atom. The molecule has 1 aliphatic rings. The van der Waals surface area contributed by atoms with Crippen LogP contribution in [0.5, 0.6) is 0 Å². The zero-order valence-corrected chi connectivity index (χ0v) is 7.52. The molecule has 1 N–H and O–H groups in total. The van der Waals surface area contributed by atoms with Gasteiger partial charge < -0.3 is 14.6 Å². The SMILES string of the molecule is COC(=O)[C@H]1O[C@@H](C(=O)O)C[C@H]1C. The van der Waals surface area contributed by atoms with Crippen molar-refractivity contribution in [3.63, 3.8) is 0 Å². The molecular weight excluding hydrogens is 176 g/mol. The lowest BCUT2D eigenvalue weighted by atomic mass is 10.0. The van der Waals surface area contributed by atoms with Gasteiger partial charge in [-0.05, 0) is 12.3 Å². The number of rotatable bonds is 2. The van der Waals surface area contributed by atoms with Crippen molar-refractivity contribution < 1.29 is 24.2 Å². The van der Waals surface area contributed by atoms with Crippen LogP contribution in [0.15, 0.2) is 0 Å². The van der Waals surface area contributed by atoms with Crippen LogP contribution < -0.4 is 0 Å². The zero-order chi connectivity index (χ0) is 10.0. The van der Waals surface area contributed by atoms with Crippen LogP contribution in [0, 0.1) is 5.92 Å². The highest BCUT2D eigenvalue weighted by Gasteiger charge is 2.40. The van der Waals surface area contributed by atoms with Gasteiger partial charge in [0, 0.05) is 0 Å². The molecule has 0 aromatic carbocycles. The molecule has 0 amide bonds. The maximum Gasteiger partial charge on any atom is 0.335 e. The predicted octanol–water partition coefficient (Wildman–Crippen LogP) is 0.0376. The van der Waals surface area contributed by atoms with Crippen molar-refractivity contribution >= 4 is 11.9 Å². The molecule has 0 saturated carbocycles. The molecule has 0 aromatic rings. The van der Waals surface area contributed by atoms with E-state index in [0.717, 1.165) is 0 Å². The van der Waals surface area contributed by atoms with Crippen molar-refractivity contribution in [1.82, 2.24) is 0 Å². The standard InChI is InChI=1S/C8H12O5/c1-4-3-5(7(9)10)13-6(4)8(11)12-2/h4-6H,3H2,1-2H3,(H,9,10)/t4-,5-,6+/m1/s1. The second kappa shape index (κ2) is 3.74. The summed E-state index contributed by atoms with van der Waals surface area (Å²) < 4.78 is 9.49. The van der Waals surface area contributed by atoms with Crippen molar-refractivity contribution in [3.8, 4) is 0 Å². The van der Waals surface area contributed by atoms with Gasteiger partial charge in [-0.25, -0.2) is 9.59 Å². The van der Waals surface area contributed by atoms with E-state index in [4.69, 9.17) is 9.84 Å². The molecule has 1 fully saturated rings. The number of carbonyl (C=O) groups excluding carboxylic acids is 1. The van der Waals surface area contributed by atoms with Crippen LogP contribution in [0.1, 0.15) is 13.3 Å². The Morgan fingerprint density at radius 3 is 2.54 bits per heavy atom. The molecule has 1 saturated heterocycles. The minimum Gasteiger partial charge on any atom is -0.479 e. The van der Waals surface area contributed by atoms with E-state index in [1.165, 1.54) is 7.11 Å². The van der Waals surface area contributed by atoms with Gasteiger partial charge in [0.05, 0.1) is 7.11 Å². The average molecular weight is 188 g/mol. The highest BCUT2D eigenvalue weighted by atomic mass is 16.6. The fourth-order valence-electron chi connectivity index (χ4n) is 1.39. The van der Waals surface area contributed by atoms with Gasteiger partial charge in [0.25, 0.3) is 0 Å². The summed E-state index contributed by atoms with van der Waals surface area (Å²) in [5, 5.41) is 8.63. The second-order valence-corrected chi connectivity index (χ2v) is 3.12. The lowest BCUT2D eigenvalue weighted by Gasteiger charge is -2.11. The number of hydrogen-bond donors (Lipinski definition) is 1. The Morgan fingerprint density at radius 1 is 1.54 bits per heavy atom. The van der Waals surface area contributed by atoms with Gasteiger partial charge in [0.2, 0.25) is 0 Å². The van der Waals surface area contributed by atoms with Crippen LogP contribution in [0.4, 0.5) is 0 Å². The number of hydrogen-bond acceptors (Lipinski definition) is 4. The molecule has 1 aliphatic heterocycles. The van der Waals surface area contributed by atoms with Gasteiger partial charge in [0.15, 0.2) is 12.2 Å². The molecule has 5 heteroatoms. The fraction of sp³-hybridized carbons (Fsp3) is 0.750. The summed E-state index contributed by atoms with van der Waals surface area (Å²) in [6.07, 6.45) is -1.25. The molecule has 1 rings (SSSR count). The molecule has 74 valence electrons. The van der Waals surface area contributed by atoms with Gasteiger partial charge in [-0.2, -0.15) is 0 Å². The van der Waals surface area contributed by atoms with Crippen LogP contribution in [0.25, 0.3) is 0 Å². The Labute approximate surface area is 75.6 Å². The number of methoxy groups -OCH3 is 1. The van der Waals surface area contributed by atoms with E-state index in [1.807, 2.05) is 0 Å². The summed E-state index contributed by atoms with van der Waals surface area (Å²) in [6, 6.07) is 0. The van der Waals surface area contributed by atoms with Crippen molar-refractivity contribution in [2.75, 3.05) is 7.11 Å². The first-order valence-corrected chi connectivity index (χ1v) is 4.02. The summed E-state index contributed by atoms with van der Waals surface area (Å²) in [7, 11) is 1.26. The van der Waals surface area contributed by atoms with E-state index >= 15 is 0 Å². The molecule has 0 aromatic heterocycles. The molecule has 0 radical (unpaired) electrons. The van der Waals surface area contributed by atoms with Crippen LogP contribution in [0.2, 0.25) is 0 Å². The Hall–Kier alpha value is -1.10. The third-order valence-electron chi connectivity index (χ3n) is 2.12. The normalized spacial score (nSPS) is 32.9. The Balaban J connectivity index is 2.61. The van der Waals surface area contributed by atoms with Crippen LogP contribution >= 0.6 is 0 Å². The number of carboxylic acids is 1. The average Bonchev–Trinajstić information content (AvgIpc) is 2.46. The van der Waals surface area contributed by atoms with Gasteiger partial charge in [-0.15, -0.1) is 0 Å². The van der Waals surface area contributed by atoms with E-state index in [2.05, 4.69) is 4.74 Å². The number of carboxylic acid groups (broad SMARTS) is 1. The number of aliphatic carboxylic acids is 1. The predicted molar refractivity (Wildman–Crippen MR) is 42.1 cm³/mol. The first-order chi connectivity index (χ1) is 6.06. The third kappa shape index (κ3) is 1.98. The summed E-state index contributed by atoms with van der Waals surface area (Å²) in [5.41, 5.74) is 0. The maximum atomic E-state index is 11.1. The highest BCUT2D eigenvalue weighted by Crippen LogP contribution is 2.26. The third-order valence-corrected chi connectivity index (χ3v) is 2.12. The summed E-state index contributed by atoms with van der Waals surface area (Å²) >= 11 is 0. The molecule has 0 spiro atoms. The van der Waals surface area contributed by atoms with Crippen molar-refractivity contribution in [1.29, 1.82) is 0 Å². The smallest absolute Gasteiger partial charge is 0.335 e. The van der Waals surface area contributed by atoms with Crippen LogP contribution in [-0.2, 0) is 19.1 Å². The van der Waals surface area contributed by atoms with Crippen LogP contribution in [0.3, 0.4) is 0 Å². The highest BCUT2D eigenvalue weighted by molar-refractivity contribution is 5.78. The number of ether oxygens (including phenoxy) is 2. The fourth-order valence-corrected chi connectivity index (χ4v) is 1.39. The molecule has 0 aliphatic carbocycles. The van der Waals surface area contributed by atoms with Crippen LogP contribution in [-0.4, -0.2) is 36.4 Å². The minimum absolute atomic E-state index is 0.103. The van der Waals surface area contributed by atoms with Gasteiger partial charge in [-0.1, -0.05) is 6.92 Å². The quantitative estimate of drug-likeness (QED) is 0.619. The van der Waals surface area contributed by atoms with Crippen molar-refractivity contribution in [2.24, 2.45) is 5.92 Å². The first kappa shape index (κ1) is 9.98. The molecule has 0 bridgehead atoms. The van der Waals surface area contributed by atoms with E-state index in [1.54, 1.807) is 6.92 Å². The largest absolute Gasteiger partial charge is 0.479 e. The van der Waals surface area contributed by atoms with E-state index in [9.17, 15) is 9.59 Å². The van der Waals surface area contributed by atoms with Crippen molar-refractivity contribution in [3.05, 3.63) is 0 Å². The lowest BCUT2D eigenvalue weighted by molar-refractivity contribution is -0.160. The summed E-state index contributed by atoms with van der Waals surface area (Å²) in [6.45, 7) is 1.77. The molecule has 0 unspecified atom stereocenters. The summed E-state index contributed by atoms with van der Waals surface area (Å²) in [5.74, 6) is -1.64. The Kier molecular flexibility index (Phi) is 2.87. The van der Waals surface area contributed by atoms with Crippen molar-refractivity contribution in [2.45, 2.75) is 25.6 Å². The molecule has 3 atom stereocenters. The monoisotopic (exact) mass is 188 g/mol. The van der Waals surface area contributed by atoms with Gasteiger partial charge in [0.1, 0.15) is 0 Å². The van der Waals surface area contributed by atoms with E-state index < -0.39 is 24.1 Å². The number of carbonyl (C=O) groups is 2.